The molecule has 1 fully saturated rings. The maximum atomic E-state index is 12.8. The van der Waals surface area contributed by atoms with Crippen LogP contribution in [0.1, 0.15) is 43.6 Å². The summed E-state index contributed by atoms with van der Waals surface area (Å²) in [5, 5.41) is 0. The summed E-state index contributed by atoms with van der Waals surface area (Å²) in [6.07, 6.45) is 0.538. The molecule has 5 heteroatoms. The van der Waals surface area contributed by atoms with Crippen molar-refractivity contribution in [1.82, 2.24) is 9.55 Å². The molecular weight excluding hydrogens is 260 g/mol. The third kappa shape index (κ3) is 2.17. The van der Waals surface area contributed by atoms with Gasteiger partial charge in [-0.3, -0.25) is 0 Å². The van der Waals surface area contributed by atoms with Crippen LogP contribution < -0.4 is 5.73 Å². The van der Waals surface area contributed by atoms with E-state index in [0.29, 0.717) is 23.1 Å². The molecule has 2 aromatic rings. The summed E-state index contributed by atoms with van der Waals surface area (Å²) in [7, 11) is 0. The molecule has 1 aliphatic rings. The third-order valence-electron chi connectivity index (χ3n) is 3.66. The number of alkyl halides is 2. The van der Waals surface area contributed by atoms with Crippen molar-refractivity contribution in [3.63, 3.8) is 0 Å². The number of imidazole rings is 1. The number of rotatable bonds is 4. The van der Waals surface area contributed by atoms with Crippen LogP contribution in [0.5, 0.6) is 0 Å². The van der Waals surface area contributed by atoms with E-state index in [1.165, 1.54) is 12.1 Å². The Morgan fingerprint density at radius 1 is 1.40 bits per heavy atom. The number of nitrogens with two attached hydrogens (primary N) is 1. The van der Waals surface area contributed by atoms with Crippen molar-refractivity contribution in [2.75, 3.05) is 5.73 Å². The first-order valence-corrected chi connectivity index (χ1v) is 6.86. The van der Waals surface area contributed by atoms with E-state index in [9.17, 15) is 8.78 Å². The van der Waals surface area contributed by atoms with E-state index in [2.05, 4.69) is 9.55 Å². The van der Waals surface area contributed by atoms with E-state index in [-0.39, 0.29) is 5.56 Å². The standard InChI is InChI=1S/C15H17F2N3/c1-2-12-19-13(15(18)20(12)11-6-7-11)9-4-3-5-10(8-9)14(16)17/h3-5,8,11,14H,2,6-7,18H2,1H3. The molecule has 106 valence electrons. The quantitative estimate of drug-likeness (QED) is 0.919. The van der Waals surface area contributed by atoms with Gasteiger partial charge in [0.15, 0.2) is 0 Å². The monoisotopic (exact) mass is 277 g/mol. The SMILES string of the molecule is CCc1nc(-c2cccc(C(F)F)c2)c(N)n1C1CC1. The summed E-state index contributed by atoms with van der Waals surface area (Å²) in [4.78, 5) is 4.55. The second-order valence-corrected chi connectivity index (χ2v) is 5.14. The van der Waals surface area contributed by atoms with Crippen LogP contribution in [0.2, 0.25) is 0 Å². The minimum atomic E-state index is -2.48. The number of anilines is 1. The van der Waals surface area contributed by atoms with E-state index < -0.39 is 6.43 Å². The molecule has 0 saturated heterocycles. The molecule has 3 nitrogen and oxygen atoms in total. The fourth-order valence-electron chi connectivity index (χ4n) is 2.52. The predicted octanol–water partition coefficient (Wildman–Crippen LogP) is 3.97. The lowest BCUT2D eigenvalue weighted by atomic mass is 10.1. The van der Waals surface area contributed by atoms with Gasteiger partial charge in [-0.2, -0.15) is 0 Å². The van der Waals surface area contributed by atoms with Crippen LogP contribution in [-0.4, -0.2) is 9.55 Å². The second kappa shape index (κ2) is 4.89. The Bertz CT molecular complexity index is 630. The Morgan fingerprint density at radius 2 is 2.15 bits per heavy atom. The highest BCUT2D eigenvalue weighted by molar-refractivity contribution is 5.71. The molecule has 0 atom stereocenters. The number of nitrogen functional groups attached to an aromatic ring is 1. The molecule has 0 spiro atoms. The van der Waals surface area contributed by atoms with Crippen molar-refractivity contribution < 1.29 is 8.78 Å². The number of hydrogen-bond donors (Lipinski definition) is 1. The normalized spacial score (nSPS) is 15.0. The Morgan fingerprint density at radius 3 is 2.75 bits per heavy atom. The summed E-state index contributed by atoms with van der Waals surface area (Å²) >= 11 is 0. The van der Waals surface area contributed by atoms with Crippen LogP contribution >= 0.6 is 0 Å². The topological polar surface area (TPSA) is 43.8 Å². The van der Waals surface area contributed by atoms with Crippen LogP contribution in [0.4, 0.5) is 14.6 Å². The molecule has 0 aliphatic heterocycles. The molecule has 0 amide bonds. The number of aryl methyl sites for hydroxylation is 1. The Balaban J connectivity index is 2.08. The number of halogens is 2. The van der Waals surface area contributed by atoms with Crippen LogP contribution in [0.15, 0.2) is 24.3 Å². The second-order valence-electron chi connectivity index (χ2n) is 5.14. The third-order valence-corrected chi connectivity index (χ3v) is 3.66. The zero-order chi connectivity index (χ0) is 14.3. The van der Waals surface area contributed by atoms with Crippen molar-refractivity contribution in [1.29, 1.82) is 0 Å². The highest BCUT2D eigenvalue weighted by Crippen LogP contribution is 2.41. The molecule has 1 saturated carbocycles. The number of aromatic nitrogens is 2. The van der Waals surface area contributed by atoms with Gasteiger partial charge in [-0.25, -0.2) is 13.8 Å². The number of benzene rings is 1. The molecule has 1 heterocycles. The molecule has 0 unspecified atom stereocenters. The summed E-state index contributed by atoms with van der Waals surface area (Å²) in [5.41, 5.74) is 7.48. The van der Waals surface area contributed by atoms with Gasteiger partial charge in [-0.05, 0) is 18.9 Å². The van der Waals surface area contributed by atoms with Gasteiger partial charge in [0.25, 0.3) is 6.43 Å². The highest BCUT2D eigenvalue weighted by atomic mass is 19.3. The van der Waals surface area contributed by atoms with Gasteiger partial charge in [0, 0.05) is 23.6 Å². The molecule has 20 heavy (non-hydrogen) atoms. The molecule has 3 rings (SSSR count). The average molecular weight is 277 g/mol. The Kier molecular flexibility index (Phi) is 3.20. The molecule has 1 aromatic carbocycles. The van der Waals surface area contributed by atoms with E-state index in [4.69, 9.17) is 5.73 Å². The predicted molar refractivity (Wildman–Crippen MR) is 74.7 cm³/mol. The van der Waals surface area contributed by atoms with Gasteiger partial charge >= 0.3 is 0 Å². The van der Waals surface area contributed by atoms with Gasteiger partial charge in [-0.15, -0.1) is 0 Å². The smallest absolute Gasteiger partial charge is 0.263 e. The van der Waals surface area contributed by atoms with Gasteiger partial charge < -0.3 is 10.3 Å². The van der Waals surface area contributed by atoms with Crippen LogP contribution in [0.25, 0.3) is 11.3 Å². The van der Waals surface area contributed by atoms with Crippen molar-refractivity contribution in [2.24, 2.45) is 0 Å². The van der Waals surface area contributed by atoms with Gasteiger partial charge in [0.05, 0.1) is 0 Å². The lowest BCUT2D eigenvalue weighted by molar-refractivity contribution is 0.151. The molecule has 2 N–H and O–H groups in total. The van der Waals surface area contributed by atoms with Crippen molar-refractivity contribution in [3.8, 4) is 11.3 Å². The van der Waals surface area contributed by atoms with Crippen LogP contribution in [-0.2, 0) is 6.42 Å². The minimum Gasteiger partial charge on any atom is -0.383 e. The van der Waals surface area contributed by atoms with Gasteiger partial charge in [0.2, 0.25) is 0 Å². The summed E-state index contributed by atoms with van der Waals surface area (Å²) in [6.45, 7) is 2.03. The zero-order valence-corrected chi connectivity index (χ0v) is 11.3. The van der Waals surface area contributed by atoms with E-state index in [1.807, 2.05) is 6.92 Å². The van der Waals surface area contributed by atoms with Crippen molar-refractivity contribution in [3.05, 3.63) is 35.7 Å². The molecule has 0 bridgehead atoms. The van der Waals surface area contributed by atoms with E-state index >= 15 is 0 Å². The van der Waals surface area contributed by atoms with E-state index in [0.717, 1.165) is 25.1 Å². The number of hydrogen-bond acceptors (Lipinski definition) is 2. The summed E-state index contributed by atoms with van der Waals surface area (Å²) in [5.74, 6) is 1.53. The van der Waals surface area contributed by atoms with Crippen molar-refractivity contribution >= 4 is 5.82 Å². The lowest BCUT2D eigenvalue weighted by Crippen LogP contribution is -2.04. The molecule has 1 aromatic heterocycles. The lowest BCUT2D eigenvalue weighted by Gasteiger charge is -2.07. The Labute approximate surface area is 116 Å². The fraction of sp³-hybridized carbons (Fsp3) is 0.400. The summed E-state index contributed by atoms with van der Waals surface area (Å²) in [6, 6.07) is 6.73. The number of nitrogens with zero attached hydrogens (tertiary/aromatic N) is 2. The zero-order valence-electron chi connectivity index (χ0n) is 11.3. The first-order valence-electron chi connectivity index (χ1n) is 6.86. The first-order chi connectivity index (χ1) is 9.61. The summed E-state index contributed by atoms with van der Waals surface area (Å²) < 4.78 is 27.7. The highest BCUT2D eigenvalue weighted by Gasteiger charge is 2.29. The van der Waals surface area contributed by atoms with Crippen LogP contribution in [0.3, 0.4) is 0 Å². The van der Waals surface area contributed by atoms with Crippen LogP contribution in [0, 0.1) is 0 Å². The molecule has 0 radical (unpaired) electrons. The van der Waals surface area contributed by atoms with Gasteiger partial charge in [0.1, 0.15) is 17.3 Å². The average Bonchev–Trinajstić information content (AvgIpc) is 3.22. The molecule has 1 aliphatic carbocycles. The maximum Gasteiger partial charge on any atom is 0.263 e. The fourth-order valence-corrected chi connectivity index (χ4v) is 2.52. The van der Waals surface area contributed by atoms with E-state index in [1.54, 1.807) is 12.1 Å². The first kappa shape index (κ1) is 13.1. The largest absolute Gasteiger partial charge is 0.383 e. The molecular formula is C15H17F2N3. The maximum absolute atomic E-state index is 12.8. The minimum absolute atomic E-state index is 0.000852. The van der Waals surface area contributed by atoms with Crippen molar-refractivity contribution in [2.45, 2.75) is 38.7 Å². The Hall–Kier alpha value is -1.91. The van der Waals surface area contributed by atoms with Gasteiger partial charge in [-0.1, -0.05) is 25.1 Å².